The molecule has 1 aliphatic heterocycles. The van der Waals surface area contributed by atoms with Gasteiger partial charge in [0.15, 0.2) is 0 Å². The molecule has 0 amide bonds. The van der Waals surface area contributed by atoms with Crippen molar-refractivity contribution in [2.24, 2.45) is 4.99 Å². The summed E-state index contributed by atoms with van der Waals surface area (Å²) in [7, 11) is 0. The van der Waals surface area contributed by atoms with E-state index in [0.717, 1.165) is 4.48 Å². The number of hydrogen-bond acceptors (Lipinski definition) is 4. The molecule has 4 nitrogen and oxygen atoms in total. The van der Waals surface area contributed by atoms with Gasteiger partial charge in [0, 0.05) is 18.0 Å². The van der Waals surface area contributed by atoms with Crippen molar-refractivity contribution in [3.8, 4) is 5.75 Å². The van der Waals surface area contributed by atoms with Crippen LogP contribution in [0.1, 0.15) is 18.5 Å². The molecule has 0 bridgehead atoms. The highest BCUT2D eigenvalue weighted by Crippen LogP contribution is 2.25. The number of rotatable bonds is 3. The van der Waals surface area contributed by atoms with Crippen LogP contribution in [0.15, 0.2) is 33.9 Å². The molecule has 0 saturated carbocycles. The molecule has 0 radical (unpaired) electrons. The molecule has 6 heteroatoms. The van der Waals surface area contributed by atoms with Gasteiger partial charge in [-0.1, -0.05) is 0 Å². The van der Waals surface area contributed by atoms with E-state index in [-0.39, 0.29) is 17.6 Å². The number of halogens is 2. The van der Waals surface area contributed by atoms with E-state index >= 15 is 0 Å². The summed E-state index contributed by atoms with van der Waals surface area (Å²) in [5, 5.41) is 11.5. The Kier molecular flexibility index (Phi) is 3.98. The first-order valence-electron chi connectivity index (χ1n) is 5.44. The SMILES string of the molecule is CC(NN1C=C(Br)C=NC1)c1cc(F)ccc1O. The van der Waals surface area contributed by atoms with E-state index in [0.29, 0.717) is 12.2 Å². The van der Waals surface area contributed by atoms with Gasteiger partial charge >= 0.3 is 0 Å². The minimum atomic E-state index is -0.371. The maximum atomic E-state index is 13.2. The number of aromatic hydroxyl groups is 1. The van der Waals surface area contributed by atoms with Gasteiger partial charge in [-0.25, -0.2) is 9.82 Å². The second-order valence-electron chi connectivity index (χ2n) is 3.99. The molecule has 0 spiro atoms. The van der Waals surface area contributed by atoms with Gasteiger partial charge in [-0.05, 0) is 41.1 Å². The van der Waals surface area contributed by atoms with E-state index in [1.54, 1.807) is 11.2 Å². The topological polar surface area (TPSA) is 47.9 Å². The summed E-state index contributed by atoms with van der Waals surface area (Å²) in [5.74, 6) is -0.301. The summed E-state index contributed by atoms with van der Waals surface area (Å²) >= 11 is 3.32. The molecule has 1 aliphatic rings. The maximum Gasteiger partial charge on any atom is 0.124 e. The summed E-state index contributed by atoms with van der Waals surface area (Å²) in [6, 6.07) is 3.67. The van der Waals surface area contributed by atoms with E-state index in [9.17, 15) is 9.50 Å². The van der Waals surface area contributed by atoms with E-state index in [2.05, 4.69) is 26.3 Å². The number of allylic oxidation sites excluding steroid dienone is 1. The quantitative estimate of drug-likeness (QED) is 0.902. The molecular formula is C12H13BrFN3O. The Hall–Kier alpha value is -1.40. The van der Waals surface area contributed by atoms with E-state index in [1.807, 2.05) is 13.1 Å². The van der Waals surface area contributed by atoms with Crippen LogP contribution in [0.2, 0.25) is 0 Å². The third-order valence-corrected chi connectivity index (χ3v) is 2.95. The van der Waals surface area contributed by atoms with Crippen LogP contribution < -0.4 is 5.43 Å². The van der Waals surface area contributed by atoms with Crippen LogP contribution >= 0.6 is 15.9 Å². The van der Waals surface area contributed by atoms with Gasteiger partial charge in [0.25, 0.3) is 0 Å². The molecule has 0 aliphatic carbocycles. The number of benzene rings is 1. The number of aliphatic imine (C=N–C) groups is 1. The Morgan fingerprint density at radius 3 is 3.06 bits per heavy atom. The molecule has 1 aromatic carbocycles. The zero-order valence-corrected chi connectivity index (χ0v) is 11.4. The fourth-order valence-electron chi connectivity index (χ4n) is 1.71. The first-order chi connectivity index (χ1) is 8.56. The molecule has 0 fully saturated rings. The van der Waals surface area contributed by atoms with Crippen molar-refractivity contribution in [2.45, 2.75) is 13.0 Å². The Morgan fingerprint density at radius 1 is 1.56 bits per heavy atom. The highest BCUT2D eigenvalue weighted by atomic mass is 79.9. The minimum absolute atomic E-state index is 0.0694. The standard InChI is InChI=1S/C12H13BrFN3O/c1-8(11-4-10(14)2-3-12(11)18)16-17-6-9(13)5-15-7-17/h2-6,8,16,18H,7H2,1H3. The molecule has 2 rings (SSSR count). The van der Waals surface area contributed by atoms with Gasteiger partial charge < -0.3 is 5.11 Å². The van der Waals surface area contributed by atoms with Crippen molar-refractivity contribution in [1.29, 1.82) is 0 Å². The smallest absolute Gasteiger partial charge is 0.124 e. The number of phenols is 1. The van der Waals surface area contributed by atoms with Crippen molar-refractivity contribution in [3.05, 3.63) is 40.3 Å². The molecule has 2 N–H and O–H groups in total. The lowest BCUT2D eigenvalue weighted by Crippen LogP contribution is -2.37. The van der Waals surface area contributed by atoms with Crippen molar-refractivity contribution < 1.29 is 9.50 Å². The van der Waals surface area contributed by atoms with Crippen LogP contribution in [0.4, 0.5) is 4.39 Å². The zero-order valence-electron chi connectivity index (χ0n) is 9.77. The van der Waals surface area contributed by atoms with Gasteiger partial charge in [-0.15, -0.1) is 0 Å². The first-order valence-corrected chi connectivity index (χ1v) is 6.24. The molecule has 18 heavy (non-hydrogen) atoms. The second-order valence-corrected chi connectivity index (χ2v) is 4.91. The highest BCUT2D eigenvalue weighted by Gasteiger charge is 2.14. The lowest BCUT2D eigenvalue weighted by Gasteiger charge is -2.26. The van der Waals surface area contributed by atoms with E-state index in [1.165, 1.54) is 18.2 Å². The summed E-state index contributed by atoms with van der Waals surface area (Å²) < 4.78 is 14.0. The van der Waals surface area contributed by atoms with E-state index < -0.39 is 0 Å². The van der Waals surface area contributed by atoms with Gasteiger partial charge in [0.05, 0.1) is 10.5 Å². The van der Waals surface area contributed by atoms with Crippen molar-refractivity contribution in [2.75, 3.05) is 6.67 Å². The number of hydrogen-bond donors (Lipinski definition) is 2. The number of phenolic OH excluding ortho intramolecular Hbond substituents is 1. The Labute approximate surface area is 113 Å². The zero-order chi connectivity index (χ0) is 13.1. The molecule has 96 valence electrons. The normalized spacial score (nSPS) is 16.6. The number of nitrogens with one attached hydrogen (secondary N) is 1. The van der Waals surface area contributed by atoms with Crippen molar-refractivity contribution in [1.82, 2.24) is 10.4 Å². The summed E-state index contributed by atoms with van der Waals surface area (Å²) in [5.41, 5.74) is 3.63. The molecule has 0 aromatic heterocycles. The largest absolute Gasteiger partial charge is 0.508 e. The van der Waals surface area contributed by atoms with Crippen LogP contribution in [-0.4, -0.2) is 23.0 Å². The van der Waals surface area contributed by atoms with Crippen LogP contribution in [0.5, 0.6) is 5.75 Å². The third-order valence-electron chi connectivity index (χ3n) is 2.54. The monoisotopic (exact) mass is 313 g/mol. The third kappa shape index (κ3) is 3.08. The summed E-state index contributed by atoms with van der Waals surface area (Å²) in [6.45, 7) is 2.31. The predicted molar refractivity (Wildman–Crippen MR) is 71.8 cm³/mol. The molecule has 1 aromatic rings. The fourth-order valence-corrected chi connectivity index (χ4v) is 2.10. The average molecular weight is 314 g/mol. The predicted octanol–water partition coefficient (Wildman–Crippen LogP) is 2.68. The number of hydrazine groups is 1. The van der Waals surface area contributed by atoms with E-state index in [4.69, 9.17) is 0 Å². The Morgan fingerprint density at radius 2 is 2.33 bits per heavy atom. The highest BCUT2D eigenvalue weighted by molar-refractivity contribution is 9.12. The van der Waals surface area contributed by atoms with Crippen LogP contribution in [0, 0.1) is 5.82 Å². The second kappa shape index (κ2) is 5.49. The molecule has 0 saturated heterocycles. The molecule has 1 unspecified atom stereocenters. The first kappa shape index (κ1) is 13.0. The number of nitrogens with zero attached hydrogens (tertiary/aromatic N) is 2. The maximum absolute atomic E-state index is 13.2. The Bertz CT molecular complexity index is 504. The molecule has 1 heterocycles. The van der Waals surface area contributed by atoms with Crippen molar-refractivity contribution >= 4 is 22.1 Å². The molecular weight excluding hydrogens is 301 g/mol. The summed E-state index contributed by atoms with van der Waals surface area (Å²) in [6.07, 6.45) is 3.54. The lowest BCUT2D eigenvalue weighted by molar-refractivity contribution is 0.239. The lowest BCUT2D eigenvalue weighted by atomic mass is 10.1. The van der Waals surface area contributed by atoms with Crippen molar-refractivity contribution in [3.63, 3.8) is 0 Å². The van der Waals surface area contributed by atoms with Gasteiger partial charge in [0.1, 0.15) is 18.2 Å². The van der Waals surface area contributed by atoms with Crippen LogP contribution in [0.25, 0.3) is 0 Å². The van der Waals surface area contributed by atoms with Crippen LogP contribution in [0.3, 0.4) is 0 Å². The Balaban J connectivity index is 2.10. The van der Waals surface area contributed by atoms with Crippen LogP contribution in [-0.2, 0) is 0 Å². The summed E-state index contributed by atoms with van der Waals surface area (Å²) in [4.78, 5) is 4.11. The van der Waals surface area contributed by atoms with Gasteiger partial charge in [-0.2, -0.15) is 0 Å². The van der Waals surface area contributed by atoms with Gasteiger partial charge in [0.2, 0.25) is 0 Å². The molecule has 1 atom stereocenters. The van der Waals surface area contributed by atoms with Gasteiger partial charge in [-0.3, -0.25) is 10.0 Å². The average Bonchev–Trinajstić information content (AvgIpc) is 2.32. The fraction of sp³-hybridized carbons (Fsp3) is 0.250. The minimum Gasteiger partial charge on any atom is -0.508 e.